The SMILES string of the molecule is CNc1ccc([N+](=O)[O-])c(N2CCCC(C(N)=O)C2)n1. The molecular weight excluding hydrogens is 262 g/mol. The molecular formula is C12H17N5O3. The Labute approximate surface area is 116 Å². The predicted octanol–water partition coefficient (Wildman–Crippen LogP) is 0.733. The molecule has 0 saturated carbocycles. The van der Waals surface area contributed by atoms with Crippen molar-refractivity contribution < 1.29 is 9.72 Å². The Morgan fingerprint density at radius 3 is 2.95 bits per heavy atom. The van der Waals surface area contributed by atoms with Crippen LogP contribution in [0.3, 0.4) is 0 Å². The molecule has 8 nitrogen and oxygen atoms in total. The van der Waals surface area contributed by atoms with Crippen LogP contribution in [-0.2, 0) is 4.79 Å². The highest BCUT2D eigenvalue weighted by Crippen LogP contribution is 2.30. The Hall–Kier alpha value is -2.38. The van der Waals surface area contributed by atoms with Crippen LogP contribution in [0.15, 0.2) is 12.1 Å². The number of anilines is 2. The number of nitrogens with two attached hydrogens (primary N) is 1. The van der Waals surface area contributed by atoms with Gasteiger partial charge in [-0.15, -0.1) is 0 Å². The Morgan fingerprint density at radius 1 is 1.60 bits per heavy atom. The van der Waals surface area contributed by atoms with Crippen LogP contribution in [0.2, 0.25) is 0 Å². The van der Waals surface area contributed by atoms with E-state index < -0.39 is 4.92 Å². The number of amides is 1. The third kappa shape index (κ3) is 2.79. The second-order valence-electron chi connectivity index (χ2n) is 4.73. The molecule has 20 heavy (non-hydrogen) atoms. The third-order valence-electron chi connectivity index (χ3n) is 3.43. The highest BCUT2D eigenvalue weighted by Gasteiger charge is 2.29. The third-order valence-corrected chi connectivity index (χ3v) is 3.43. The molecule has 1 amide bonds. The first kappa shape index (κ1) is 14.0. The Morgan fingerprint density at radius 2 is 2.35 bits per heavy atom. The van der Waals surface area contributed by atoms with Crippen LogP contribution in [0.25, 0.3) is 0 Å². The van der Waals surface area contributed by atoms with Gasteiger partial charge in [-0.2, -0.15) is 0 Å². The molecule has 0 aliphatic carbocycles. The number of pyridine rings is 1. The van der Waals surface area contributed by atoms with Gasteiger partial charge < -0.3 is 16.0 Å². The van der Waals surface area contributed by atoms with E-state index in [1.54, 1.807) is 18.0 Å². The summed E-state index contributed by atoms with van der Waals surface area (Å²) >= 11 is 0. The second-order valence-corrected chi connectivity index (χ2v) is 4.73. The molecule has 108 valence electrons. The topological polar surface area (TPSA) is 114 Å². The molecule has 1 aromatic heterocycles. The molecule has 0 bridgehead atoms. The Balaban J connectivity index is 2.34. The fraction of sp³-hybridized carbons (Fsp3) is 0.500. The molecule has 1 fully saturated rings. The van der Waals surface area contributed by atoms with Crippen molar-refractivity contribution in [3.63, 3.8) is 0 Å². The van der Waals surface area contributed by atoms with E-state index in [2.05, 4.69) is 10.3 Å². The summed E-state index contributed by atoms with van der Waals surface area (Å²) in [5.41, 5.74) is 5.27. The van der Waals surface area contributed by atoms with Crippen LogP contribution in [0, 0.1) is 16.0 Å². The lowest BCUT2D eigenvalue weighted by atomic mass is 9.97. The van der Waals surface area contributed by atoms with Gasteiger partial charge in [-0.3, -0.25) is 14.9 Å². The maximum atomic E-state index is 11.3. The molecule has 0 aromatic carbocycles. The maximum absolute atomic E-state index is 11.3. The lowest BCUT2D eigenvalue weighted by Crippen LogP contribution is -2.41. The standard InChI is InChI=1S/C12H17N5O3/c1-14-10-5-4-9(17(19)20)12(15-10)16-6-2-3-8(7-16)11(13)18/h4-5,8H,2-3,6-7H2,1H3,(H2,13,18)(H,14,15). The summed E-state index contributed by atoms with van der Waals surface area (Å²) in [5, 5.41) is 14.0. The smallest absolute Gasteiger partial charge is 0.311 e. The number of piperidine rings is 1. The highest BCUT2D eigenvalue weighted by atomic mass is 16.6. The number of rotatable bonds is 4. The molecule has 3 N–H and O–H groups in total. The summed E-state index contributed by atoms with van der Waals surface area (Å²) in [4.78, 5) is 28.0. The van der Waals surface area contributed by atoms with Crippen LogP contribution >= 0.6 is 0 Å². The van der Waals surface area contributed by atoms with E-state index in [4.69, 9.17) is 5.73 Å². The Bertz CT molecular complexity index is 534. The number of nitro groups is 1. The van der Waals surface area contributed by atoms with E-state index >= 15 is 0 Å². The highest BCUT2D eigenvalue weighted by molar-refractivity contribution is 5.78. The van der Waals surface area contributed by atoms with E-state index in [9.17, 15) is 14.9 Å². The van der Waals surface area contributed by atoms with E-state index in [0.29, 0.717) is 25.3 Å². The zero-order chi connectivity index (χ0) is 14.7. The van der Waals surface area contributed by atoms with Crippen molar-refractivity contribution in [3.05, 3.63) is 22.2 Å². The molecule has 1 aromatic rings. The summed E-state index contributed by atoms with van der Waals surface area (Å²) in [6.07, 6.45) is 1.47. The summed E-state index contributed by atoms with van der Waals surface area (Å²) in [6, 6.07) is 2.97. The molecule has 1 aliphatic rings. The minimum atomic E-state index is -0.463. The summed E-state index contributed by atoms with van der Waals surface area (Å²) in [7, 11) is 1.69. The first-order valence-corrected chi connectivity index (χ1v) is 6.40. The minimum absolute atomic E-state index is 0.0610. The average Bonchev–Trinajstić information content (AvgIpc) is 2.46. The molecule has 8 heteroatoms. The van der Waals surface area contributed by atoms with E-state index in [-0.39, 0.29) is 23.3 Å². The van der Waals surface area contributed by atoms with Crippen molar-refractivity contribution in [3.8, 4) is 0 Å². The second kappa shape index (κ2) is 5.72. The van der Waals surface area contributed by atoms with Gasteiger partial charge in [0.1, 0.15) is 5.82 Å². The van der Waals surface area contributed by atoms with Gasteiger partial charge in [-0.05, 0) is 18.9 Å². The van der Waals surface area contributed by atoms with Gasteiger partial charge in [0.05, 0.1) is 10.8 Å². The maximum Gasteiger partial charge on any atom is 0.311 e. The van der Waals surface area contributed by atoms with E-state index in [1.807, 2.05) is 0 Å². The van der Waals surface area contributed by atoms with Gasteiger partial charge in [0.25, 0.3) is 0 Å². The molecule has 0 radical (unpaired) electrons. The van der Waals surface area contributed by atoms with Crippen molar-refractivity contribution in [2.24, 2.45) is 11.7 Å². The number of hydrogen-bond donors (Lipinski definition) is 2. The quantitative estimate of drug-likeness (QED) is 0.620. The first-order chi connectivity index (χ1) is 9.52. The summed E-state index contributed by atoms with van der Waals surface area (Å²) in [5.74, 6) is 0.171. The van der Waals surface area contributed by atoms with Crippen molar-refractivity contribution in [2.45, 2.75) is 12.8 Å². The van der Waals surface area contributed by atoms with Crippen molar-refractivity contribution in [1.29, 1.82) is 0 Å². The molecule has 1 atom stereocenters. The lowest BCUT2D eigenvalue weighted by Gasteiger charge is -2.31. The zero-order valence-corrected chi connectivity index (χ0v) is 11.2. The number of carbonyl (C=O) groups excluding carboxylic acids is 1. The van der Waals surface area contributed by atoms with E-state index in [0.717, 1.165) is 6.42 Å². The molecule has 1 aliphatic heterocycles. The normalized spacial score (nSPS) is 18.6. The number of nitrogens with zero attached hydrogens (tertiary/aromatic N) is 3. The average molecular weight is 279 g/mol. The van der Waals surface area contributed by atoms with Crippen molar-refractivity contribution >= 4 is 23.2 Å². The number of aromatic nitrogens is 1. The van der Waals surface area contributed by atoms with Gasteiger partial charge in [-0.25, -0.2) is 4.98 Å². The molecule has 2 heterocycles. The van der Waals surface area contributed by atoms with Crippen LogP contribution in [0.1, 0.15) is 12.8 Å². The minimum Gasteiger partial charge on any atom is -0.373 e. The molecule has 1 saturated heterocycles. The zero-order valence-electron chi connectivity index (χ0n) is 11.2. The van der Waals surface area contributed by atoms with Gasteiger partial charge >= 0.3 is 5.69 Å². The molecule has 0 spiro atoms. The van der Waals surface area contributed by atoms with Crippen LogP contribution < -0.4 is 16.0 Å². The fourth-order valence-corrected chi connectivity index (χ4v) is 2.36. The predicted molar refractivity (Wildman–Crippen MR) is 74.6 cm³/mol. The van der Waals surface area contributed by atoms with Crippen LogP contribution in [-0.4, -0.2) is 36.0 Å². The van der Waals surface area contributed by atoms with Crippen molar-refractivity contribution in [1.82, 2.24) is 4.98 Å². The van der Waals surface area contributed by atoms with Gasteiger partial charge in [0, 0.05) is 26.2 Å². The molecule has 1 unspecified atom stereocenters. The monoisotopic (exact) mass is 279 g/mol. The van der Waals surface area contributed by atoms with Crippen molar-refractivity contribution in [2.75, 3.05) is 30.4 Å². The van der Waals surface area contributed by atoms with Gasteiger partial charge in [0.2, 0.25) is 11.7 Å². The van der Waals surface area contributed by atoms with Crippen LogP contribution in [0.4, 0.5) is 17.3 Å². The number of carbonyl (C=O) groups is 1. The fourth-order valence-electron chi connectivity index (χ4n) is 2.36. The first-order valence-electron chi connectivity index (χ1n) is 6.40. The largest absolute Gasteiger partial charge is 0.373 e. The van der Waals surface area contributed by atoms with Gasteiger partial charge in [0.15, 0.2) is 0 Å². The number of nitrogens with one attached hydrogen (secondary N) is 1. The Kier molecular flexibility index (Phi) is 4.02. The molecule has 2 rings (SSSR count). The van der Waals surface area contributed by atoms with Crippen LogP contribution in [0.5, 0.6) is 0 Å². The lowest BCUT2D eigenvalue weighted by molar-refractivity contribution is -0.384. The number of hydrogen-bond acceptors (Lipinski definition) is 6. The summed E-state index contributed by atoms with van der Waals surface area (Å²) < 4.78 is 0. The van der Waals surface area contributed by atoms with Gasteiger partial charge in [-0.1, -0.05) is 0 Å². The number of primary amides is 1. The van der Waals surface area contributed by atoms with E-state index in [1.165, 1.54) is 6.07 Å². The summed E-state index contributed by atoms with van der Waals surface area (Å²) in [6.45, 7) is 1.00.